The number of para-hydroxylation sites is 1. The Labute approximate surface area is 203 Å². The second-order valence-corrected chi connectivity index (χ2v) is 10.3. The third-order valence-electron chi connectivity index (χ3n) is 5.91. The van der Waals surface area contributed by atoms with Gasteiger partial charge in [-0.05, 0) is 55.8 Å². The number of aryl methyl sites for hydroxylation is 1. The van der Waals surface area contributed by atoms with Crippen LogP contribution in [0.5, 0.6) is 5.75 Å². The number of fused-ring (bicyclic) bond motifs is 3. The maximum Gasteiger partial charge on any atom is 0.264 e. The van der Waals surface area contributed by atoms with Gasteiger partial charge >= 0.3 is 0 Å². The van der Waals surface area contributed by atoms with E-state index >= 15 is 0 Å². The monoisotopic (exact) mass is 491 g/mol. The van der Waals surface area contributed by atoms with E-state index in [1.165, 1.54) is 4.31 Å². The van der Waals surface area contributed by atoms with Crippen molar-refractivity contribution in [2.24, 2.45) is 0 Å². The fourth-order valence-corrected chi connectivity index (χ4v) is 5.83. The van der Waals surface area contributed by atoms with Gasteiger partial charge in [-0.25, -0.2) is 18.4 Å². The number of ether oxygens (including phenoxy) is 1. The summed E-state index contributed by atoms with van der Waals surface area (Å²) in [4.78, 5) is 9.62. The molecule has 0 spiro atoms. The minimum absolute atomic E-state index is 0.227. The van der Waals surface area contributed by atoms with E-state index < -0.39 is 10.0 Å². The maximum absolute atomic E-state index is 13.6. The summed E-state index contributed by atoms with van der Waals surface area (Å²) >= 11 is 6.65. The van der Waals surface area contributed by atoms with Gasteiger partial charge in [0, 0.05) is 23.2 Å². The lowest BCUT2D eigenvalue weighted by Gasteiger charge is -2.24. The predicted molar refractivity (Wildman–Crippen MR) is 134 cm³/mol. The normalized spacial score (nSPS) is 13.1. The highest BCUT2D eigenvalue weighted by atomic mass is 35.5. The molecule has 0 unspecified atom stereocenters. The first-order chi connectivity index (χ1) is 16.4. The minimum Gasteiger partial charge on any atom is -0.497 e. The molecule has 1 aromatic heterocycles. The molecular formula is C26H22ClN3O3S. The Morgan fingerprint density at radius 1 is 0.941 bits per heavy atom. The fraction of sp³-hybridized carbons (Fsp3) is 0.154. The van der Waals surface area contributed by atoms with Crippen LogP contribution in [0.25, 0.3) is 22.6 Å². The summed E-state index contributed by atoms with van der Waals surface area (Å²) < 4.78 is 34.0. The molecule has 0 bridgehead atoms. The van der Waals surface area contributed by atoms with E-state index in [0.29, 0.717) is 34.3 Å². The smallest absolute Gasteiger partial charge is 0.264 e. The lowest BCUT2D eigenvalue weighted by Crippen LogP contribution is -2.32. The molecule has 0 saturated carbocycles. The summed E-state index contributed by atoms with van der Waals surface area (Å²) in [6.45, 7) is 2.15. The van der Waals surface area contributed by atoms with Crippen LogP contribution in [-0.2, 0) is 16.4 Å². The molecule has 4 aromatic rings. The SMILES string of the molecule is COc1ccc(-c2nc(Cl)c3c(n2)-c2ccccc2N(S(=O)(=O)c2ccc(C)cc2)CC3)cc1. The third kappa shape index (κ3) is 3.91. The van der Waals surface area contributed by atoms with Crippen LogP contribution < -0.4 is 9.04 Å². The molecule has 5 rings (SSSR count). The molecule has 34 heavy (non-hydrogen) atoms. The molecule has 0 N–H and O–H groups in total. The van der Waals surface area contributed by atoms with Crippen molar-refractivity contribution in [3.63, 3.8) is 0 Å². The predicted octanol–water partition coefficient (Wildman–Crippen LogP) is 5.53. The number of benzene rings is 3. The van der Waals surface area contributed by atoms with Crippen molar-refractivity contribution in [1.82, 2.24) is 9.97 Å². The van der Waals surface area contributed by atoms with Crippen LogP contribution >= 0.6 is 11.6 Å². The average molecular weight is 492 g/mol. The van der Waals surface area contributed by atoms with Crippen LogP contribution in [0.1, 0.15) is 11.1 Å². The van der Waals surface area contributed by atoms with Gasteiger partial charge in [0.15, 0.2) is 5.82 Å². The van der Waals surface area contributed by atoms with Crippen molar-refractivity contribution in [2.75, 3.05) is 18.0 Å². The molecule has 0 saturated heterocycles. The van der Waals surface area contributed by atoms with Gasteiger partial charge in [0.1, 0.15) is 10.9 Å². The van der Waals surface area contributed by atoms with E-state index in [0.717, 1.165) is 22.4 Å². The molecule has 2 heterocycles. The van der Waals surface area contributed by atoms with Crippen LogP contribution in [0, 0.1) is 6.92 Å². The molecule has 0 fully saturated rings. The van der Waals surface area contributed by atoms with Gasteiger partial charge in [-0.3, -0.25) is 4.31 Å². The molecule has 0 radical (unpaired) electrons. The highest BCUT2D eigenvalue weighted by Crippen LogP contribution is 2.40. The number of aromatic nitrogens is 2. The molecule has 3 aromatic carbocycles. The Morgan fingerprint density at radius 3 is 2.35 bits per heavy atom. The number of methoxy groups -OCH3 is 1. The Morgan fingerprint density at radius 2 is 1.65 bits per heavy atom. The average Bonchev–Trinajstić information content (AvgIpc) is 3.02. The van der Waals surface area contributed by atoms with E-state index in [-0.39, 0.29) is 11.4 Å². The van der Waals surface area contributed by atoms with Crippen LogP contribution in [-0.4, -0.2) is 32.0 Å². The highest BCUT2D eigenvalue weighted by molar-refractivity contribution is 7.92. The molecule has 1 aliphatic rings. The van der Waals surface area contributed by atoms with Crippen molar-refractivity contribution in [3.05, 3.63) is 89.1 Å². The van der Waals surface area contributed by atoms with Gasteiger partial charge in [0.2, 0.25) is 0 Å². The summed E-state index contributed by atoms with van der Waals surface area (Å²) in [5, 5.41) is 0.320. The Bertz CT molecular complexity index is 1470. The van der Waals surface area contributed by atoms with Crippen LogP contribution in [0.3, 0.4) is 0 Å². The quantitative estimate of drug-likeness (QED) is 0.351. The van der Waals surface area contributed by atoms with E-state index in [9.17, 15) is 8.42 Å². The van der Waals surface area contributed by atoms with Crippen molar-refractivity contribution in [1.29, 1.82) is 0 Å². The Kier molecular flexibility index (Phi) is 5.75. The van der Waals surface area contributed by atoms with E-state index in [2.05, 4.69) is 4.98 Å². The van der Waals surface area contributed by atoms with Gasteiger partial charge in [-0.15, -0.1) is 0 Å². The number of sulfonamides is 1. The van der Waals surface area contributed by atoms with Gasteiger partial charge in [0.05, 0.1) is 23.4 Å². The van der Waals surface area contributed by atoms with Crippen molar-refractivity contribution in [2.45, 2.75) is 18.2 Å². The zero-order chi connectivity index (χ0) is 23.9. The summed E-state index contributed by atoms with van der Waals surface area (Å²) in [6.07, 6.45) is 0.386. The molecule has 1 aliphatic heterocycles. The van der Waals surface area contributed by atoms with Crippen molar-refractivity contribution in [3.8, 4) is 28.4 Å². The topological polar surface area (TPSA) is 72.4 Å². The number of nitrogens with zero attached hydrogens (tertiary/aromatic N) is 3. The van der Waals surface area contributed by atoms with Crippen LogP contribution in [0.15, 0.2) is 77.7 Å². The molecule has 0 amide bonds. The standard InChI is InChI=1S/C26H22ClN3O3S/c1-17-7-13-20(14-8-17)34(31,32)30-16-15-22-24(21-5-3-4-6-23(21)30)28-26(29-25(22)27)18-9-11-19(33-2)12-10-18/h3-14H,15-16H2,1-2H3. The molecular weight excluding hydrogens is 470 g/mol. The van der Waals surface area contributed by atoms with Gasteiger partial charge in [-0.1, -0.05) is 47.5 Å². The lowest BCUT2D eigenvalue weighted by molar-refractivity contribution is 0.415. The van der Waals surface area contributed by atoms with E-state index in [1.807, 2.05) is 49.4 Å². The fourth-order valence-electron chi connectivity index (χ4n) is 4.08. The maximum atomic E-state index is 13.6. The zero-order valence-electron chi connectivity index (χ0n) is 18.7. The lowest BCUT2D eigenvalue weighted by atomic mass is 10.0. The van der Waals surface area contributed by atoms with Crippen molar-refractivity contribution >= 4 is 27.3 Å². The number of hydrogen-bond acceptors (Lipinski definition) is 5. The molecule has 0 atom stereocenters. The van der Waals surface area contributed by atoms with Gasteiger partial charge in [0.25, 0.3) is 10.0 Å². The second kappa shape index (κ2) is 8.74. The second-order valence-electron chi connectivity index (χ2n) is 8.05. The molecule has 0 aliphatic carbocycles. The third-order valence-corrected chi connectivity index (χ3v) is 8.05. The molecule has 8 heteroatoms. The Hall–Kier alpha value is -3.42. The number of rotatable bonds is 4. The first-order valence-electron chi connectivity index (χ1n) is 10.8. The van der Waals surface area contributed by atoms with Gasteiger partial charge < -0.3 is 4.74 Å². The summed E-state index contributed by atoms with van der Waals surface area (Å²) in [7, 11) is -2.18. The summed E-state index contributed by atoms with van der Waals surface area (Å²) in [5.74, 6) is 1.20. The highest BCUT2D eigenvalue weighted by Gasteiger charge is 2.31. The Balaban J connectivity index is 1.65. The van der Waals surface area contributed by atoms with Crippen LogP contribution in [0.4, 0.5) is 5.69 Å². The van der Waals surface area contributed by atoms with E-state index in [4.69, 9.17) is 21.3 Å². The van der Waals surface area contributed by atoms with Crippen LogP contribution in [0.2, 0.25) is 5.15 Å². The molecule has 172 valence electrons. The number of anilines is 1. The molecule has 6 nitrogen and oxygen atoms in total. The van der Waals surface area contributed by atoms with E-state index in [1.54, 1.807) is 37.4 Å². The summed E-state index contributed by atoms with van der Waals surface area (Å²) in [5.41, 5.74) is 4.42. The zero-order valence-corrected chi connectivity index (χ0v) is 20.3. The van der Waals surface area contributed by atoms with Crippen molar-refractivity contribution < 1.29 is 13.2 Å². The largest absolute Gasteiger partial charge is 0.497 e. The first kappa shape index (κ1) is 22.4. The summed E-state index contributed by atoms with van der Waals surface area (Å²) in [6, 6.07) is 21.7. The van der Waals surface area contributed by atoms with Gasteiger partial charge in [-0.2, -0.15) is 0 Å². The number of halogens is 1. The number of hydrogen-bond donors (Lipinski definition) is 0. The first-order valence-corrected chi connectivity index (χ1v) is 12.6. The minimum atomic E-state index is -3.79.